The lowest BCUT2D eigenvalue weighted by Gasteiger charge is -2.29. The summed E-state index contributed by atoms with van der Waals surface area (Å²) in [6, 6.07) is 0.715. The highest BCUT2D eigenvalue weighted by atomic mass is 15.1. The highest BCUT2D eigenvalue weighted by Gasteiger charge is 2.15. The van der Waals surface area contributed by atoms with Crippen LogP contribution in [0.1, 0.15) is 59.8 Å². The monoisotopic (exact) mass is 199 g/mol. The molecule has 0 aromatic heterocycles. The highest BCUT2D eigenvalue weighted by Crippen LogP contribution is 2.24. The molecule has 0 aliphatic heterocycles. The van der Waals surface area contributed by atoms with Crippen LogP contribution in [0.2, 0.25) is 0 Å². The van der Waals surface area contributed by atoms with Gasteiger partial charge in [0.1, 0.15) is 0 Å². The van der Waals surface area contributed by atoms with Gasteiger partial charge in [0.05, 0.1) is 0 Å². The largest absolute Gasteiger partial charge is 0.304 e. The van der Waals surface area contributed by atoms with Crippen molar-refractivity contribution in [1.29, 1.82) is 0 Å². The Labute approximate surface area is 90.9 Å². The quantitative estimate of drug-likeness (QED) is 0.665. The number of nitrogens with zero attached hydrogens (tertiary/aromatic N) is 1. The Morgan fingerprint density at radius 2 is 1.57 bits per heavy atom. The third-order valence-corrected chi connectivity index (χ3v) is 3.15. The fourth-order valence-corrected chi connectivity index (χ4v) is 1.99. The molecule has 0 N–H and O–H groups in total. The van der Waals surface area contributed by atoms with E-state index < -0.39 is 0 Å². The first-order chi connectivity index (χ1) is 6.70. The van der Waals surface area contributed by atoms with E-state index in [0.717, 1.165) is 5.92 Å². The lowest BCUT2D eigenvalue weighted by atomic mass is 9.89. The van der Waals surface area contributed by atoms with Crippen LogP contribution in [0.15, 0.2) is 0 Å². The van der Waals surface area contributed by atoms with Gasteiger partial charge in [0.2, 0.25) is 0 Å². The van der Waals surface area contributed by atoms with Crippen LogP contribution in [0.5, 0.6) is 0 Å². The van der Waals surface area contributed by atoms with Crippen LogP contribution in [0, 0.1) is 5.92 Å². The molecule has 1 nitrogen and oxygen atoms in total. The first-order valence-electron chi connectivity index (χ1n) is 6.40. The van der Waals surface area contributed by atoms with Crippen LogP contribution in [-0.2, 0) is 0 Å². The van der Waals surface area contributed by atoms with Gasteiger partial charge in [-0.2, -0.15) is 0 Å². The Morgan fingerprint density at radius 3 is 2.00 bits per heavy atom. The van der Waals surface area contributed by atoms with Gasteiger partial charge in [0, 0.05) is 12.6 Å². The first kappa shape index (κ1) is 14.0. The molecule has 1 saturated carbocycles. The number of rotatable bonds is 3. The zero-order valence-electron chi connectivity index (χ0n) is 10.8. The third kappa shape index (κ3) is 5.64. The predicted molar refractivity (Wildman–Crippen MR) is 65.7 cm³/mol. The molecule has 0 bridgehead atoms. The van der Waals surface area contributed by atoms with Crippen LogP contribution in [0.3, 0.4) is 0 Å². The van der Waals surface area contributed by atoms with E-state index in [4.69, 9.17) is 0 Å². The molecule has 0 radical (unpaired) electrons. The lowest BCUT2D eigenvalue weighted by molar-refractivity contribution is 0.200. The van der Waals surface area contributed by atoms with Crippen molar-refractivity contribution in [3.8, 4) is 0 Å². The molecule has 14 heavy (non-hydrogen) atoms. The molecule has 0 atom stereocenters. The smallest absolute Gasteiger partial charge is 0.00356 e. The van der Waals surface area contributed by atoms with Crippen molar-refractivity contribution in [2.24, 2.45) is 5.92 Å². The van der Waals surface area contributed by atoms with Gasteiger partial charge >= 0.3 is 0 Å². The van der Waals surface area contributed by atoms with Crippen LogP contribution in [-0.4, -0.2) is 24.5 Å². The van der Waals surface area contributed by atoms with Gasteiger partial charge in [-0.05, 0) is 39.7 Å². The minimum atomic E-state index is 0.715. The van der Waals surface area contributed by atoms with Crippen molar-refractivity contribution < 1.29 is 0 Å². The molecular formula is C13H29N. The minimum Gasteiger partial charge on any atom is -0.304 e. The van der Waals surface area contributed by atoms with E-state index >= 15 is 0 Å². The molecule has 0 saturated heterocycles. The van der Waals surface area contributed by atoms with Gasteiger partial charge in [0.15, 0.2) is 0 Å². The second-order valence-corrected chi connectivity index (χ2v) is 4.54. The summed E-state index contributed by atoms with van der Waals surface area (Å²) < 4.78 is 0. The van der Waals surface area contributed by atoms with Gasteiger partial charge in [-0.1, -0.05) is 33.1 Å². The van der Waals surface area contributed by atoms with Crippen molar-refractivity contribution in [3.05, 3.63) is 0 Å². The molecule has 1 heteroatoms. The molecule has 1 rings (SSSR count). The van der Waals surface area contributed by atoms with Crippen molar-refractivity contribution in [3.63, 3.8) is 0 Å². The van der Waals surface area contributed by atoms with Crippen LogP contribution < -0.4 is 0 Å². The van der Waals surface area contributed by atoms with Gasteiger partial charge in [-0.3, -0.25) is 0 Å². The van der Waals surface area contributed by atoms with Crippen LogP contribution >= 0.6 is 0 Å². The Hall–Kier alpha value is -0.0400. The molecule has 86 valence electrons. The van der Waals surface area contributed by atoms with Crippen LogP contribution in [0.25, 0.3) is 0 Å². The average Bonchev–Trinajstić information content (AvgIpc) is 2.22. The van der Waals surface area contributed by atoms with Gasteiger partial charge in [-0.25, -0.2) is 0 Å². The fraction of sp³-hybridized carbons (Fsp3) is 1.00. The molecule has 1 fully saturated rings. The topological polar surface area (TPSA) is 3.24 Å². The van der Waals surface area contributed by atoms with Crippen molar-refractivity contribution in [2.75, 3.05) is 13.6 Å². The zero-order chi connectivity index (χ0) is 11.0. The summed E-state index contributed by atoms with van der Waals surface area (Å²) in [6.07, 6.45) is 7.35. The number of hydrogen-bond donors (Lipinski definition) is 0. The Balaban J connectivity index is 0.000000791. The Morgan fingerprint density at radius 1 is 1.07 bits per heavy atom. The molecule has 1 aliphatic carbocycles. The van der Waals surface area contributed by atoms with Gasteiger partial charge in [-0.15, -0.1) is 0 Å². The molecule has 1 aliphatic rings. The average molecular weight is 199 g/mol. The predicted octanol–water partition coefficient (Wildman–Crippen LogP) is 3.93. The van der Waals surface area contributed by atoms with Crippen molar-refractivity contribution in [1.82, 2.24) is 4.90 Å². The third-order valence-electron chi connectivity index (χ3n) is 3.15. The van der Waals surface area contributed by atoms with Crippen LogP contribution in [0.4, 0.5) is 0 Å². The molecular weight excluding hydrogens is 170 g/mol. The Kier molecular flexibility index (Phi) is 8.26. The molecule has 0 heterocycles. The second kappa shape index (κ2) is 8.28. The molecule has 0 spiro atoms. The molecule has 0 aromatic carbocycles. The fourth-order valence-electron chi connectivity index (χ4n) is 1.99. The summed E-state index contributed by atoms with van der Waals surface area (Å²) in [5.41, 5.74) is 0. The summed E-state index contributed by atoms with van der Waals surface area (Å²) in [6.45, 7) is 9.88. The molecule has 0 unspecified atom stereocenters. The van der Waals surface area contributed by atoms with E-state index in [1.54, 1.807) is 0 Å². The summed E-state index contributed by atoms with van der Waals surface area (Å²) in [4.78, 5) is 2.48. The molecule has 0 aromatic rings. The number of hydrogen-bond acceptors (Lipinski definition) is 1. The summed E-state index contributed by atoms with van der Waals surface area (Å²) in [5, 5.41) is 0. The summed E-state index contributed by atoms with van der Waals surface area (Å²) >= 11 is 0. The van der Waals surface area contributed by atoms with Crippen molar-refractivity contribution in [2.45, 2.75) is 65.8 Å². The minimum absolute atomic E-state index is 0.715. The maximum Gasteiger partial charge on any atom is 0.00356 e. The zero-order valence-corrected chi connectivity index (χ0v) is 10.8. The first-order valence-corrected chi connectivity index (χ1v) is 6.40. The van der Waals surface area contributed by atoms with E-state index in [-0.39, 0.29) is 0 Å². The van der Waals surface area contributed by atoms with Gasteiger partial charge < -0.3 is 4.90 Å². The van der Waals surface area contributed by atoms with E-state index in [1.165, 1.54) is 38.6 Å². The summed E-state index contributed by atoms with van der Waals surface area (Å²) in [7, 11) is 2.25. The Bertz CT molecular complexity index is 114. The van der Waals surface area contributed by atoms with E-state index in [2.05, 4.69) is 25.8 Å². The highest BCUT2D eigenvalue weighted by molar-refractivity contribution is 4.70. The second-order valence-electron chi connectivity index (χ2n) is 4.54. The maximum atomic E-state index is 2.48. The maximum absolute atomic E-state index is 2.48. The normalized spacial score (nSPS) is 18.2. The van der Waals surface area contributed by atoms with Gasteiger partial charge in [0.25, 0.3) is 0 Å². The standard InChI is InChI=1S/C11H23N.C2H6/c1-10(2)12(3)9-11-7-5-4-6-8-11;1-2/h10-11H,4-9H2,1-3H3;1-2H3. The van der Waals surface area contributed by atoms with E-state index in [0.29, 0.717) is 6.04 Å². The SMILES string of the molecule is CC.CC(C)N(C)CC1CCCCC1. The van der Waals surface area contributed by atoms with E-state index in [9.17, 15) is 0 Å². The van der Waals surface area contributed by atoms with E-state index in [1.807, 2.05) is 13.8 Å². The molecule has 0 amide bonds. The van der Waals surface area contributed by atoms with Crippen molar-refractivity contribution >= 4 is 0 Å². The lowest BCUT2D eigenvalue weighted by Crippen LogP contribution is -2.32. The summed E-state index contributed by atoms with van der Waals surface area (Å²) in [5.74, 6) is 0.992.